The first-order valence-electron chi connectivity index (χ1n) is 17.3. The molecule has 0 amide bonds. The summed E-state index contributed by atoms with van der Waals surface area (Å²) >= 11 is 0. The number of rotatable bonds is 18. The van der Waals surface area contributed by atoms with Gasteiger partial charge in [0.25, 0.3) is 0 Å². The van der Waals surface area contributed by atoms with Gasteiger partial charge in [-0.1, -0.05) is 38.1 Å². The van der Waals surface area contributed by atoms with Crippen molar-refractivity contribution in [3.05, 3.63) is 118 Å². The van der Waals surface area contributed by atoms with Crippen molar-refractivity contribution in [2.24, 2.45) is 0 Å². The second-order valence-corrected chi connectivity index (χ2v) is 12.9. The molecule has 0 saturated heterocycles. The van der Waals surface area contributed by atoms with Crippen LogP contribution in [0.1, 0.15) is 70.7 Å². The lowest BCUT2D eigenvalue weighted by molar-refractivity contribution is 0.0516. The number of esters is 2. The van der Waals surface area contributed by atoms with Crippen LogP contribution in [0.5, 0.6) is 11.5 Å². The molecular weight excluding hydrogens is 648 g/mol. The van der Waals surface area contributed by atoms with Gasteiger partial charge in [0.15, 0.2) is 0 Å². The van der Waals surface area contributed by atoms with Gasteiger partial charge in [-0.15, -0.1) is 0 Å². The first kappa shape index (κ1) is 38.7. The van der Waals surface area contributed by atoms with Crippen molar-refractivity contribution in [1.82, 2.24) is 0 Å². The summed E-state index contributed by atoms with van der Waals surface area (Å²) in [6.45, 7) is 13.1. The third-order valence-corrected chi connectivity index (χ3v) is 8.57. The van der Waals surface area contributed by atoms with Gasteiger partial charge < -0.3 is 39.8 Å². The topological polar surface area (TPSA) is 136 Å². The normalized spacial score (nSPS) is 12.4. The Balaban J connectivity index is 1.22. The van der Waals surface area contributed by atoms with Crippen LogP contribution in [-0.2, 0) is 14.9 Å². The number of carbonyl (C=O) groups is 2. The van der Waals surface area contributed by atoms with E-state index in [-0.39, 0.29) is 43.7 Å². The van der Waals surface area contributed by atoms with E-state index in [2.05, 4.69) is 24.5 Å². The number of aryl methyl sites for hydroxylation is 2. The molecule has 0 spiro atoms. The number of nitrogens with one attached hydrogen (secondary N) is 2. The Hall–Kier alpha value is -5.06. The molecule has 0 radical (unpaired) electrons. The van der Waals surface area contributed by atoms with Crippen molar-refractivity contribution < 1.29 is 38.7 Å². The number of ether oxygens (including phenoxy) is 4. The van der Waals surface area contributed by atoms with Gasteiger partial charge in [-0.05, 0) is 111 Å². The minimum absolute atomic E-state index is 0.117. The van der Waals surface area contributed by atoms with E-state index in [0.29, 0.717) is 35.8 Å². The summed E-state index contributed by atoms with van der Waals surface area (Å²) in [7, 11) is 0. The smallest absolute Gasteiger partial charge is 0.338 e. The Bertz CT molecular complexity index is 1610. The highest BCUT2D eigenvalue weighted by Crippen LogP contribution is 2.33. The zero-order valence-corrected chi connectivity index (χ0v) is 30.3. The molecule has 10 nitrogen and oxygen atoms in total. The Morgan fingerprint density at radius 1 is 0.627 bits per heavy atom. The maximum Gasteiger partial charge on any atom is 0.338 e. The van der Waals surface area contributed by atoms with Gasteiger partial charge in [-0.25, -0.2) is 9.59 Å². The summed E-state index contributed by atoms with van der Waals surface area (Å²) < 4.78 is 21.8. The molecule has 4 rings (SSSR count). The summed E-state index contributed by atoms with van der Waals surface area (Å²) in [5, 5.41) is 27.5. The highest BCUT2D eigenvalue weighted by molar-refractivity contribution is 5.90. The molecule has 0 heterocycles. The number of benzene rings is 4. The van der Waals surface area contributed by atoms with E-state index in [4.69, 9.17) is 18.9 Å². The second-order valence-electron chi connectivity index (χ2n) is 12.9. The van der Waals surface area contributed by atoms with E-state index in [1.807, 2.05) is 62.4 Å². The highest BCUT2D eigenvalue weighted by atomic mass is 16.5. The third kappa shape index (κ3) is 11.0. The molecule has 4 aromatic carbocycles. The fourth-order valence-corrected chi connectivity index (χ4v) is 5.47. The van der Waals surface area contributed by atoms with E-state index in [1.165, 1.54) is 0 Å². The maximum atomic E-state index is 12.0. The van der Waals surface area contributed by atoms with Crippen LogP contribution in [0.3, 0.4) is 0 Å². The first-order valence-corrected chi connectivity index (χ1v) is 17.3. The molecule has 10 heteroatoms. The standard InChI is InChI=1S/C41H50N2O8/c1-7-48-39(46)29-9-19-37(27(3)21-29)42-23-33(44)25-50-35-15-11-31(12-16-35)41(5,6)32-13-17-36(18-14-32)51-26-34(45)24-43-38-20-10-30(22-28(38)4)40(47)49-8-2/h9-22,33-34,42-45H,7-8,23-26H2,1-6H3. The maximum absolute atomic E-state index is 12.0. The van der Waals surface area contributed by atoms with Gasteiger partial charge in [0.2, 0.25) is 0 Å². The molecule has 0 aromatic heterocycles. The zero-order valence-electron chi connectivity index (χ0n) is 30.3. The lowest BCUT2D eigenvalue weighted by Gasteiger charge is -2.26. The van der Waals surface area contributed by atoms with Crippen molar-refractivity contribution in [3.63, 3.8) is 0 Å². The average molecular weight is 699 g/mol. The molecule has 272 valence electrons. The van der Waals surface area contributed by atoms with Crippen molar-refractivity contribution in [2.75, 3.05) is 50.2 Å². The zero-order chi connectivity index (χ0) is 37.0. The van der Waals surface area contributed by atoms with Gasteiger partial charge in [-0.3, -0.25) is 0 Å². The monoisotopic (exact) mass is 698 g/mol. The lowest BCUT2D eigenvalue weighted by atomic mass is 9.78. The van der Waals surface area contributed by atoms with E-state index in [9.17, 15) is 19.8 Å². The molecule has 51 heavy (non-hydrogen) atoms. The first-order chi connectivity index (χ1) is 24.4. The van der Waals surface area contributed by atoms with E-state index in [0.717, 1.165) is 33.6 Å². The van der Waals surface area contributed by atoms with Crippen LogP contribution >= 0.6 is 0 Å². The Labute approximate surface area is 300 Å². The lowest BCUT2D eigenvalue weighted by Crippen LogP contribution is -2.26. The summed E-state index contributed by atoms with van der Waals surface area (Å²) in [4.78, 5) is 23.9. The van der Waals surface area contributed by atoms with Crippen LogP contribution in [0, 0.1) is 13.8 Å². The van der Waals surface area contributed by atoms with Crippen molar-refractivity contribution in [1.29, 1.82) is 0 Å². The predicted octanol–water partition coefficient (Wildman–Crippen LogP) is 6.69. The molecule has 0 aliphatic rings. The quantitative estimate of drug-likeness (QED) is 0.0833. The molecule has 2 unspecified atom stereocenters. The summed E-state index contributed by atoms with van der Waals surface area (Å²) in [5.41, 5.74) is 6.29. The summed E-state index contributed by atoms with van der Waals surface area (Å²) in [6, 6.07) is 26.2. The highest BCUT2D eigenvalue weighted by Gasteiger charge is 2.23. The van der Waals surface area contributed by atoms with Crippen LogP contribution in [-0.4, -0.2) is 73.9 Å². The number of carbonyl (C=O) groups excluding carboxylic acids is 2. The molecular formula is C41H50N2O8. The Morgan fingerprint density at radius 2 is 1.00 bits per heavy atom. The number of hydrogen-bond donors (Lipinski definition) is 4. The summed E-state index contributed by atoms with van der Waals surface area (Å²) in [6.07, 6.45) is -1.49. The van der Waals surface area contributed by atoms with Crippen molar-refractivity contribution in [2.45, 2.75) is 59.2 Å². The third-order valence-electron chi connectivity index (χ3n) is 8.57. The average Bonchev–Trinajstić information content (AvgIpc) is 3.12. The van der Waals surface area contributed by atoms with Gasteiger partial charge in [0, 0.05) is 29.9 Å². The second kappa shape index (κ2) is 18.3. The molecule has 0 fully saturated rings. The fourth-order valence-electron chi connectivity index (χ4n) is 5.47. The number of aliphatic hydroxyl groups excluding tert-OH is 2. The van der Waals surface area contributed by atoms with E-state index >= 15 is 0 Å². The van der Waals surface area contributed by atoms with Gasteiger partial charge in [0.05, 0.1) is 24.3 Å². The molecule has 4 N–H and O–H groups in total. The van der Waals surface area contributed by atoms with Gasteiger partial charge >= 0.3 is 11.9 Å². The molecule has 0 bridgehead atoms. The largest absolute Gasteiger partial charge is 0.491 e. The molecule has 0 saturated carbocycles. The van der Waals surface area contributed by atoms with Crippen molar-refractivity contribution >= 4 is 23.3 Å². The van der Waals surface area contributed by atoms with Gasteiger partial charge in [-0.2, -0.15) is 0 Å². The van der Waals surface area contributed by atoms with Crippen LogP contribution in [0.15, 0.2) is 84.9 Å². The number of aliphatic hydroxyl groups is 2. The Morgan fingerprint density at radius 3 is 1.33 bits per heavy atom. The molecule has 0 aliphatic carbocycles. The minimum Gasteiger partial charge on any atom is -0.491 e. The number of hydrogen-bond acceptors (Lipinski definition) is 10. The van der Waals surface area contributed by atoms with Crippen LogP contribution in [0.4, 0.5) is 11.4 Å². The van der Waals surface area contributed by atoms with E-state index < -0.39 is 12.2 Å². The van der Waals surface area contributed by atoms with Crippen LogP contribution in [0.25, 0.3) is 0 Å². The predicted molar refractivity (Wildman–Crippen MR) is 199 cm³/mol. The molecule has 4 aromatic rings. The Kier molecular flexibility index (Phi) is 13.9. The molecule has 2 atom stereocenters. The van der Waals surface area contributed by atoms with Crippen molar-refractivity contribution in [3.8, 4) is 11.5 Å². The minimum atomic E-state index is -0.746. The number of anilines is 2. The van der Waals surface area contributed by atoms with E-state index in [1.54, 1.807) is 50.2 Å². The van der Waals surface area contributed by atoms with Crippen LogP contribution in [0.2, 0.25) is 0 Å². The summed E-state index contributed by atoms with van der Waals surface area (Å²) in [5.74, 6) is 0.601. The van der Waals surface area contributed by atoms with Gasteiger partial charge in [0.1, 0.15) is 36.9 Å². The SMILES string of the molecule is CCOC(=O)c1ccc(NCC(O)COc2ccc(C(C)(C)c3ccc(OCC(O)CNc4ccc(C(=O)OCC)cc4C)cc3)cc2)c(C)c1. The van der Waals surface area contributed by atoms with Crippen LogP contribution < -0.4 is 20.1 Å². The fraction of sp³-hybridized carbons (Fsp3) is 0.366. The molecule has 0 aliphatic heterocycles.